The first-order valence-electron chi connectivity index (χ1n) is 7.27. The predicted octanol–water partition coefficient (Wildman–Crippen LogP) is 5.61. The van der Waals surface area contributed by atoms with Crippen molar-refractivity contribution in [3.8, 4) is 5.75 Å². The van der Waals surface area contributed by atoms with Crippen molar-refractivity contribution in [3.05, 3.63) is 72.0 Å². The Labute approximate surface area is 121 Å². The molecule has 104 valence electrons. The van der Waals surface area contributed by atoms with Crippen molar-refractivity contribution in [2.24, 2.45) is 0 Å². The van der Waals surface area contributed by atoms with Gasteiger partial charge in [0.05, 0.1) is 6.26 Å². The molecule has 0 amide bonds. The molecule has 0 spiro atoms. The fraction of sp³-hybridized carbons (Fsp3) is 0.263. The lowest BCUT2D eigenvalue weighted by atomic mass is 10.0. The average Bonchev–Trinajstić information content (AvgIpc) is 2.48. The largest absolute Gasteiger partial charge is 0.465 e. The maximum absolute atomic E-state index is 5.84. The van der Waals surface area contributed by atoms with Gasteiger partial charge in [0.15, 0.2) is 0 Å². The van der Waals surface area contributed by atoms with Crippen molar-refractivity contribution < 1.29 is 4.74 Å². The van der Waals surface area contributed by atoms with Gasteiger partial charge in [-0.15, -0.1) is 0 Å². The lowest BCUT2D eigenvalue weighted by Gasteiger charge is -2.08. The van der Waals surface area contributed by atoms with Crippen LogP contribution in [-0.4, -0.2) is 0 Å². The summed E-state index contributed by atoms with van der Waals surface area (Å²) in [7, 11) is 0. The van der Waals surface area contributed by atoms with Crippen LogP contribution >= 0.6 is 0 Å². The second kappa shape index (κ2) is 7.54. The van der Waals surface area contributed by atoms with E-state index in [9.17, 15) is 0 Å². The minimum absolute atomic E-state index is 0.898. The van der Waals surface area contributed by atoms with Crippen LogP contribution in [0.15, 0.2) is 60.9 Å². The number of allylic oxidation sites excluding steroid dienone is 1. The van der Waals surface area contributed by atoms with E-state index in [1.165, 1.54) is 29.5 Å². The molecule has 0 N–H and O–H groups in total. The van der Waals surface area contributed by atoms with E-state index < -0.39 is 0 Å². The molecule has 0 heterocycles. The van der Waals surface area contributed by atoms with Gasteiger partial charge in [-0.2, -0.15) is 0 Å². The van der Waals surface area contributed by atoms with Crippen LogP contribution < -0.4 is 4.74 Å². The molecule has 0 bridgehead atoms. The first kappa shape index (κ1) is 14.4. The van der Waals surface area contributed by atoms with Crippen LogP contribution in [0.5, 0.6) is 5.75 Å². The van der Waals surface area contributed by atoms with Crippen molar-refractivity contribution in [1.82, 2.24) is 0 Å². The van der Waals surface area contributed by atoms with E-state index in [1.54, 1.807) is 0 Å². The third-order valence-corrected chi connectivity index (χ3v) is 3.27. The molecule has 0 fully saturated rings. The van der Waals surface area contributed by atoms with E-state index >= 15 is 0 Å². The highest BCUT2D eigenvalue weighted by molar-refractivity contribution is 5.64. The first-order chi connectivity index (χ1) is 9.79. The summed E-state index contributed by atoms with van der Waals surface area (Å²) >= 11 is 0. The van der Waals surface area contributed by atoms with Crippen LogP contribution in [0, 0.1) is 6.92 Å². The summed E-state index contributed by atoms with van der Waals surface area (Å²) in [5.41, 5.74) is 3.72. The monoisotopic (exact) mass is 266 g/mol. The zero-order chi connectivity index (χ0) is 14.2. The van der Waals surface area contributed by atoms with E-state index in [0.29, 0.717) is 0 Å². The van der Waals surface area contributed by atoms with Crippen molar-refractivity contribution >= 4 is 5.57 Å². The molecule has 0 unspecified atom stereocenters. The zero-order valence-corrected chi connectivity index (χ0v) is 12.3. The average molecular weight is 266 g/mol. The van der Waals surface area contributed by atoms with Gasteiger partial charge in [0, 0.05) is 0 Å². The first-order valence-corrected chi connectivity index (χ1v) is 7.27. The molecule has 1 heteroatoms. The van der Waals surface area contributed by atoms with Gasteiger partial charge >= 0.3 is 0 Å². The quantitative estimate of drug-likeness (QED) is 0.618. The Hall–Kier alpha value is -2.02. The molecule has 20 heavy (non-hydrogen) atoms. The minimum Gasteiger partial charge on any atom is -0.465 e. The Morgan fingerprint density at radius 1 is 1.05 bits per heavy atom. The van der Waals surface area contributed by atoms with E-state index in [-0.39, 0.29) is 0 Å². The fourth-order valence-corrected chi connectivity index (χ4v) is 2.12. The molecular weight excluding hydrogens is 244 g/mol. The number of hydrogen-bond donors (Lipinski definition) is 0. The lowest BCUT2D eigenvalue weighted by molar-refractivity contribution is 0.481. The zero-order valence-electron chi connectivity index (χ0n) is 12.3. The smallest absolute Gasteiger partial charge is 0.126 e. The maximum atomic E-state index is 5.84. The second-order valence-corrected chi connectivity index (χ2v) is 5.05. The van der Waals surface area contributed by atoms with Gasteiger partial charge in [0.25, 0.3) is 0 Å². The lowest BCUT2D eigenvalue weighted by Crippen LogP contribution is -1.90. The number of ether oxygens (including phenoxy) is 1. The van der Waals surface area contributed by atoms with Crippen molar-refractivity contribution in [3.63, 3.8) is 0 Å². The second-order valence-electron chi connectivity index (χ2n) is 5.05. The third kappa shape index (κ3) is 4.27. The number of unbranched alkanes of at least 4 members (excludes halogenated alkanes) is 1. The van der Waals surface area contributed by atoms with E-state index in [0.717, 1.165) is 12.2 Å². The Morgan fingerprint density at radius 3 is 2.55 bits per heavy atom. The predicted molar refractivity (Wildman–Crippen MR) is 85.8 cm³/mol. The van der Waals surface area contributed by atoms with Crippen LogP contribution in [0.4, 0.5) is 0 Å². The molecular formula is C19H22O. The van der Waals surface area contributed by atoms with Crippen molar-refractivity contribution in [1.29, 1.82) is 0 Å². The molecule has 0 aliphatic heterocycles. The Kier molecular flexibility index (Phi) is 5.43. The summed E-state index contributed by atoms with van der Waals surface area (Å²) in [4.78, 5) is 0. The molecule has 0 saturated heterocycles. The normalized spacial score (nSPS) is 11.4. The van der Waals surface area contributed by atoms with Crippen LogP contribution in [0.2, 0.25) is 0 Å². The Bertz CT molecular complexity index is 555. The summed E-state index contributed by atoms with van der Waals surface area (Å²) in [6.45, 7) is 4.29. The van der Waals surface area contributed by atoms with Gasteiger partial charge in [-0.1, -0.05) is 55.8 Å². The van der Waals surface area contributed by atoms with Gasteiger partial charge in [-0.05, 0) is 48.6 Å². The van der Waals surface area contributed by atoms with Crippen LogP contribution in [0.3, 0.4) is 0 Å². The Morgan fingerprint density at radius 2 is 1.85 bits per heavy atom. The molecule has 2 rings (SSSR count). The van der Waals surface area contributed by atoms with Gasteiger partial charge in [-0.3, -0.25) is 0 Å². The summed E-state index contributed by atoms with van der Waals surface area (Å²) in [6, 6.07) is 18.6. The van der Waals surface area contributed by atoms with E-state index in [2.05, 4.69) is 50.2 Å². The van der Waals surface area contributed by atoms with E-state index in [4.69, 9.17) is 4.74 Å². The van der Waals surface area contributed by atoms with Crippen LogP contribution in [0.1, 0.15) is 37.3 Å². The molecule has 0 radical (unpaired) electrons. The highest BCUT2D eigenvalue weighted by Gasteiger charge is 2.02. The topological polar surface area (TPSA) is 9.23 Å². The molecule has 0 aromatic heterocycles. The number of benzene rings is 2. The SMILES string of the molecule is CCCC/C(=C/Oc1cccc(C)c1)c1ccccc1. The number of rotatable bonds is 6. The molecule has 0 aliphatic rings. The molecule has 0 atom stereocenters. The van der Waals surface area contributed by atoms with E-state index in [1.807, 2.05) is 24.5 Å². The van der Waals surface area contributed by atoms with Gasteiger partial charge in [0.1, 0.15) is 5.75 Å². The highest BCUT2D eigenvalue weighted by atomic mass is 16.5. The number of hydrogen-bond acceptors (Lipinski definition) is 1. The van der Waals surface area contributed by atoms with Crippen LogP contribution in [-0.2, 0) is 0 Å². The number of aryl methyl sites for hydroxylation is 1. The van der Waals surface area contributed by atoms with Gasteiger partial charge in [-0.25, -0.2) is 0 Å². The summed E-state index contributed by atoms with van der Waals surface area (Å²) in [5, 5.41) is 0. The third-order valence-electron chi connectivity index (χ3n) is 3.27. The molecule has 2 aromatic rings. The Balaban J connectivity index is 2.16. The molecule has 0 saturated carbocycles. The fourth-order valence-electron chi connectivity index (χ4n) is 2.12. The van der Waals surface area contributed by atoms with Crippen molar-refractivity contribution in [2.45, 2.75) is 33.1 Å². The minimum atomic E-state index is 0.898. The van der Waals surface area contributed by atoms with Crippen molar-refractivity contribution in [2.75, 3.05) is 0 Å². The highest BCUT2D eigenvalue weighted by Crippen LogP contribution is 2.22. The molecule has 0 aliphatic carbocycles. The summed E-state index contributed by atoms with van der Waals surface area (Å²) < 4.78 is 5.84. The van der Waals surface area contributed by atoms with Gasteiger partial charge in [0.2, 0.25) is 0 Å². The summed E-state index contributed by atoms with van der Waals surface area (Å²) in [5.74, 6) is 0.898. The molecule has 2 aromatic carbocycles. The van der Waals surface area contributed by atoms with Gasteiger partial charge < -0.3 is 4.74 Å². The standard InChI is InChI=1S/C19H22O/c1-3-4-10-18(17-11-6-5-7-12-17)15-20-19-13-8-9-16(2)14-19/h5-9,11-15H,3-4,10H2,1-2H3/b18-15-. The summed E-state index contributed by atoms with van der Waals surface area (Å²) in [6.07, 6.45) is 5.32. The van der Waals surface area contributed by atoms with Crippen LogP contribution in [0.25, 0.3) is 5.57 Å². The maximum Gasteiger partial charge on any atom is 0.126 e. The molecule has 1 nitrogen and oxygen atoms in total.